The molecule has 0 radical (unpaired) electrons. The Morgan fingerprint density at radius 3 is 2.79 bits per heavy atom. The van der Waals surface area contributed by atoms with E-state index in [4.69, 9.17) is 0 Å². The summed E-state index contributed by atoms with van der Waals surface area (Å²) in [6.45, 7) is 5.15. The molecule has 2 aromatic heterocycles. The van der Waals surface area contributed by atoms with E-state index in [1.165, 1.54) is 35.5 Å². The van der Waals surface area contributed by atoms with Crippen molar-refractivity contribution in [1.29, 1.82) is 0 Å². The lowest BCUT2D eigenvalue weighted by molar-refractivity contribution is 0.0736. The van der Waals surface area contributed by atoms with Gasteiger partial charge in [-0.15, -0.1) is 0 Å². The fraction of sp³-hybridized carbons (Fsp3) is 0.250. The molecule has 3 heterocycles. The van der Waals surface area contributed by atoms with Gasteiger partial charge in [-0.25, -0.2) is 9.97 Å². The summed E-state index contributed by atoms with van der Waals surface area (Å²) in [4.78, 5) is 40.3. The summed E-state index contributed by atoms with van der Waals surface area (Å²) in [5.41, 5.74) is 4.15. The van der Waals surface area contributed by atoms with Gasteiger partial charge in [0, 0.05) is 35.8 Å². The second-order valence-corrected chi connectivity index (χ2v) is 7.79. The number of hydrogen-bond donors (Lipinski definition) is 1. The molecule has 0 saturated carbocycles. The first-order chi connectivity index (χ1) is 13.5. The zero-order chi connectivity index (χ0) is 19.7. The summed E-state index contributed by atoms with van der Waals surface area (Å²) in [5.74, 6) is -0.324. The summed E-state index contributed by atoms with van der Waals surface area (Å²) in [6.07, 6.45) is 5.06. The van der Waals surface area contributed by atoms with Crippen molar-refractivity contribution in [2.45, 2.75) is 26.8 Å². The van der Waals surface area contributed by atoms with Crippen LogP contribution in [0.15, 0.2) is 36.8 Å². The average Bonchev–Trinajstić information content (AvgIpc) is 3.11. The van der Waals surface area contributed by atoms with Gasteiger partial charge in [0.05, 0.1) is 18.4 Å². The van der Waals surface area contributed by atoms with E-state index in [0.717, 1.165) is 16.1 Å². The predicted octanol–water partition coefficient (Wildman–Crippen LogP) is 3.00. The Hall–Kier alpha value is -3.13. The van der Waals surface area contributed by atoms with Gasteiger partial charge in [-0.05, 0) is 37.1 Å². The second kappa shape index (κ2) is 7.47. The minimum Gasteiger partial charge on any atom is -0.333 e. The first kappa shape index (κ1) is 18.2. The molecule has 1 aliphatic heterocycles. The van der Waals surface area contributed by atoms with Gasteiger partial charge in [0.2, 0.25) is 0 Å². The normalized spacial score (nSPS) is 13.1. The topological polar surface area (TPSA) is 88.1 Å². The number of rotatable bonds is 3. The van der Waals surface area contributed by atoms with Crippen molar-refractivity contribution in [3.8, 4) is 0 Å². The van der Waals surface area contributed by atoms with Crippen LogP contribution in [0.3, 0.4) is 0 Å². The number of carbonyl (C=O) groups excluding carboxylic acids is 2. The molecular weight excluding hydrogens is 374 g/mol. The zero-order valence-corrected chi connectivity index (χ0v) is 16.4. The third-order valence-electron chi connectivity index (χ3n) is 4.79. The summed E-state index contributed by atoms with van der Waals surface area (Å²) in [5, 5.41) is 3.28. The van der Waals surface area contributed by atoms with Gasteiger partial charge in [0.1, 0.15) is 5.69 Å². The minimum absolute atomic E-state index is 0.0206. The van der Waals surface area contributed by atoms with Crippen LogP contribution >= 0.6 is 11.3 Å². The smallest absolute Gasteiger partial charge is 0.277 e. The molecule has 8 heteroatoms. The van der Waals surface area contributed by atoms with Gasteiger partial charge in [0.25, 0.3) is 11.8 Å². The molecule has 4 rings (SSSR count). The van der Waals surface area contributed by atoms with Gasteiger partial charge in [-0.3, -0.25) is 19.9 Å². The Balaban J connectivity index is 1.48. The molecule has 2 amide bonds. The molecule has 1 aromatic carbocycles. The van der Waals surface area contributed by atoms with Crippen LogP contribution in [0, 0.1) is 13.8 Å². The molecule has 0 spiro atoms. The third-order valence-corrected chi connectivity index (χ3v) is 5.79. The highest BCUT2D eigenvalue weighted by Crippen LogP contribution is 2.29. The summed E-state index contributed by atoms with van der Waals surface area (Å²) >= 11 is 1.40. The number of aryl methyl sites for hydroxylation is 2. The molecule has 28 heavy (non-hydrogen) atoms. The van der Waals surface area contributed by atoms with Gasteiger partial charge in [-0.2, -0.15) is 0 Å². The molecule has 0 aliphatic carbocycles. The van der Waals surface area contributed by atoms with Crippen LogP contribution in [-0.4, -0.2) is 38.2 Å². The van der Waals surface area contributed by atoms with E-state index in [2.05, 4.69) is 20.3 Å². The molecule has 142 valence electrons. The molecule has 0 bridgehead atoms. The molecule has 3 aromatic rings. The number of hydrogen-bond acceptors (Lipinski definition) is 6. The Kier molecular flexibility index (Phi) is 4.87. The molecule has 1 N–H and O–H groups in total. The third kappa shape index (κ3) is 3.63. The average molecular weight is 393 g/mol. The second-order valence-electron chi connectivity index (χ2n) is 6.71. The number of carbonyl (C=O) groups is 2. The molecule has 0 fully saturated rings. The van der Waals surface area contributed by atoms with E-state index >= 15 is 0 Å². The number of thiazole rings is 1. The number of anilines is 1. The van der Waals surface area contributed by atoms with E-state index in [9.17, 15) is 9.59 Å². The summed E-state index contributed by atoms with van der Waals surface area (Å²) in [6, 6.07) is 5.79. The van der Waals surface area contributed by atoms with Gasteiger partial charge >= 0.3 is 0 Å². The zero-order valence-electron chi connectivity index (χ0n) is 15.6. The Bertz CT molecular complexity index is 1050. The Morgan fingerprint density at radius 2 is 2.04 bits per heavy atom. The maximum atomic E-state index is 12.9. The van der Waals surface area contributed by atoms with Gasteiger partial charge in [-0.1, -0.05) is 17.4 Å². The highest BCUT2D eigenvalue weighted by Gasteiger charge is 2.25. The molecule has 0 unspecified atom stereocenters. The molecular formula is C20H19N5O2S. The fourth-order valence-electron chi connectivity index (χ4n) is 3.06. The van der Waals surface area contributed by atoms with Crippen LogP contribution in [0.2, 0.25) is 0 Å². The van der Waals surface area contributed by atoms with Crippen LogP contribution in [0.5, 0.6) is 0 Å². The van der Waals surface area contributed by atoms with Crippen molar-refractivity contribution in [2.75, 3.05) is 11.9 Å². The maximum Gasteiger partial charge on any atom is 0.277 e. The van der Waals surface area contributed by atoms with Gasteiger partial charge < -0.3 is 4.90 Å². The van der Waals surface area contributed by atoms with Crippen molar-refractivity contribution in [1.82, 2.24) is 19.9 Å². The number of aromatic nitrogens is 3. The maximum absolute atomic E-state index is 12.9. The number of amides is 2. The highest BCUT2D eigenvalue weighted by molar-refractivity contribution is 7.15. The van der Waals surface area contributed by atoms with Crippen molar-refractivity contribution in [3.63, 3.8) is 0 Å². The number of benzene rings is 1. The largest absolute Gasteiger partial charge is 0.333 e. The van der Waals surface area contributed by atoms with Crippen LogP contribution < -0.4 is 5.32 Å². The number of nitrogens with one attached hydrogen (secondary N) is 1. The predicted molar refractivity (Wildman–Crippen MR) is 106 cm³/mol. The van der Waals surface area contributed by atoms with E-state index < -0.39 is 0 Å². The van der Waals surface area contributed by atoms with Crippen molar-refractivity contribution >= 4 is 28.3 Å². The van der Waals surface area contributed by atoms with Crippen LogP contribution in [-0.2, 0) is 13.0 Å². The molecule has 7 nitrogen and oxygen atoms in total. The first-order valence-corrected chi connectivity index (χ1v) is 9.75. The van der Waals surface area contributed by atoms with Gasteiger partial charge in [0.15, 0.2) is 5.13 Å². The van der Waals surface area contributed by atoms with E-state index in [1.807, 2.05) is 36.9 Å². The lowest BCUT2D eigenvalue weighted by Crippen LogP contribution is -2.35. The Morgan fingerprint density at radius 1 is 1.18 bits per heavy atom. The number of fused-ring (bicyclic) bond motifs is 1. The lowest BCUT2D eigenvalue weighted by Gasteiger charge is -2.26. The molecule has 0 saturated heterocycles. The summed E-state index contributed by atoms with van der Waals surface area (Å²) in [7, 11) is 0. The first-order valence-electron chi connectivity index (χ1n) is 8.94. The standard InChI is InChI=1S/C20H19N5O2S/c1-12-3-4-14(9-13(12)2)19(27)25-8-5-15-17(11-25)28-20(23-15)24-18(26)16-10-21-6-7-22-16/h3-4,6-7,9-10H,5,8,11H2,1-2H3,(H,23,24,26). The fourth-order valence-corrected chi connectivity index (χ4v) is 4.08. The monoisotopic (exact) mass is 393 g/mol. The van der Waals surface area contributed by atoms with E-state index in [0.29, 0.717) is 30.2 Å². The van der Waals surface area contributed by atoms with Crippen LogP contribution in [0.4, 0.5) is 5.13 Å². The van der Waals surface area contributed by atoms with Crippen molar-refractivity contribution in [3.05, 3.63) is 69.7 Å². The SMILES string of the molecule is Cc1ccc(C(=O)N2CCc3nc(NC(=O)c4cnccn4)sc3C2)cc1C. The van der Waals surface area contributed by atoms with Crippen LogP contribution in [0.1, 0.15) is 42.5 Å². The minimum atomic E-state index is -0.345. The molecule has 0 atom stereocenters. The lowest BCUT2D eigenvalue weighted by atomic mass is 10.0. The molecule has 1 aliphatic rings. The van der Waals surface area contributed by atoms with E-state index in [1.54, 1.807) is 0 Å². The Labute approximate surface area is 166 Å². The number of nitrogens with zero attached hydrogens (tertiary/aromatic N) is 4. The van der Waals surface area contributed by atoms with Crippen LogP contribution in [0.25, 0.3) is 0 Å². The quantitative estimate of drug-likeness (QED) is 0.739. The van der Waals surface area contributed by atoms with E-state index in [-0.39, 0.29) is 17.5 Å². The van der Waals surface area contributed by atoms with Crippen molar-refractivity contribution in [2.24, 2.45) is 0 Å². The highest BCUT2D eigenvalue weighted by atomic mass is 32.1. The summed E-state index contributed by atoms with van der Waals surface area (Å²) < 4.78 is 0. The van der Waals surface area contributed by atoms with Crippen molar-refractivity contribution < 1.29 is 9.59 Å².